The van der Waals surface area contributed by atoms with Gasteiger partial charge in [-0.1, -0.05) is 42.5 Å². The van der Waals surface area contributed by atoms with Crippen LogP contribution in [0.15, 0.2) is 91.0 Å². The molecule has 0 spiro atoms. The smallest absolute Gasteiger partial charge is 0.337 e. The van der Waals surface area contributed by atoms with Gasteiger partial charge in [0.1, 0.15) is 0 Å². The Morgan fingerprint density at radius 2 is 1.40 bits per heavy atom. The molecule has 52 heavy (non-hydrogen) atoms. The summed E-state index contributed by atoms with van der Waals surface area (Å²) < 4.78 is 10.3. The predicted molar refractivity (Wildman–Crippen MR) is 201 cm³/mol. The van der Waals surface area contributed by atoms with Gasteiger partial charge in [-0.05, 0) is 109 Å². The van der Waals surface area contributed by atoms with Crippen molar-refractivity contribution in [2.24, 2.45) is 0 Å². The first-order chi connectivity index (χ1) is 25.3. The molecule has 4 aromatic carbocycles. The molecule has 1 N–H and O–H groups in total. The van der Waals surface area contributed by atoms with E-state index in [0.717, 1.165) is 73.9 Å². The number of benzene rings is 4. The minimum absolute atomic E-state index is 0.277. The SMILES string of the molecule is COC(=O)c1ccc(CCc2ccc(NC(=O)c3cc4c(cc3N(C(=O)c3ccccc3)C(=O)N(C)CCN3CCOCC3)CCCC4)cc2)cc1. The van der Waals surface area contributed by atoms with Crippen molar-refractivity contribution in [1.82, 2.24) is 9.80 Å². The Balaban J connectivity index is 1.24. The summed E-state index contributed by atoms with van der Waals surface area (Å²) in [4.78, 5) is 59.5. The van der Waals surface area contributed by atoms with Crippen molar-refractivity contribution < 1.29 is 28.7 Å². The molecule has 10 heteroatoms. The first-order valence-corrected chi connectivity index (χ1v) is 18.0. The Labute approximate surface area is 305 Å². The van der Waals surface area contributed by atoms with Crippen molar-refractivity contribution in [1.29, 1.82) is 0 Å². The van der Waals surface area contributed by atoms with Crippen molar-refractivity contribution >= 4 is 35.2 Å². The molecule has 1 aliphatic heterocycles. The Morgan fingerprint density at radius 3 is 2.04 bits per heavy atom. The highest BCUT2D eigenvalue weighted by molar-refractivity contribution is 6.23. The van der Waals surface area contributed by atoms with Gasteiger partial charge in [-0.15, -0.1) is 0 Å². The fourth-order valence-corrected chi connectivity index (χ4v) is 6.70. The number of amides is 4. The quantitative estimate of drug-likeness (QED) is 0.180. The zero-order valence-electron chi connectivity index (χ0n) is 29.9. The molecule has 0 bridgehead atoms. The highest BCUT2D eigenvalue weighted by Crippen LogP contribution is 2.32. The number of fused-ring (bicyclic) bond motifs is 1. The molecule has 10 nitrogen and oxygen atoms in total. The van der Waals surface area contributed by atoms with Crippen LogP contribution >= 0.6 is 0 Å². The summed E-state index contributed by atoms with van der Waals surface area (Å²) in [6.45, 7) is 3.94. The van der Waals surface area contributed by atoms with Crippen molar-refractivity contribution in [3.63, 3.8) is 0 Å². The zero-order chi connectivity index (χ0) is 36.5. The Hall–Kier alpha value is -5.32. The lowest BCUT2D eigenvalue weighted by molar-refractivity contribution is 0.0358. The summed E-state index contributed by atoms with van der Waals surface area (Å²) in [5, 5.41) is 3.03. The fourth-order valence-electron chi connectivity index (χ4n) is 6.70. The number of hydrogen-bond acceptors (Lipinski definition) is 7. The number of ether oxygens (including phenoxy) is 2. The van der Waals surface area contributed by atoms with E-state index in [9.17, 15) is 19.2 Å². The second kappa shape index (κ2) is 17.3. The molecule has 1 fully saturated rings. The first-order valence-electron chi connectivity index (χ1n) is 18.0. The standard InChI is InChI=1S/C42H46N4O6/c1-44(22-23-45-24-26-52-27-25-45)42(50)46(40(48)32-8-4-3-5-9-32)38-29-35-11-7-6-10-34(35)28-37(38)39(47)43-36-20-16-31(17-21-36)13-12-30-14-18-33(19-15-30)41(49)51-2/h3-5,8-9,14-21,28-29H,6-7,10-13,22-27H2,1-2H3,(H,43,47). The van der Waals surface area contributed by atoms with E-state index in [2.05, 4.69) is 10.2 Å². The lowest BCUT2D eigenvalue weighted by Crippen LogP contribution is -2.48. The molecule has 0 atom stereocenters. The molecule has 0 unspecified atom stereocenters. The first kappa shape index (κ1) is 36.5. The molecule has 4 aromatic rings. The molecular weight excluding hydrogens is 656 g/mol. The summed E-state index contributed by atoms with van der Waals surface area (Å²) in [5.74, 6) is -1.24. The van der Waals surface area contributed by atoms with Gasteiger partial charge in [-0.2, -0.15) is 0 Å². The van der Waals surface area contributed by atoms with E-state index in [0.29, 0.717) is 43.1 Å². The summed E-state index contributed by atoms with van der Waals surface area (Å²) in [6, 6.07) is 27.0. The van der Waals surface area contributed by atoms with E-state index >= 15 is 0 Å². The van der Waals surface area contributed by atoms with Crippen LogP contribution in [0.2, 0.25) is 0 Å². The molecule has 0 saturated carbocycles. The second-order valence-corrected chi connectivity index (χ2v) is 13.3. The summed E-state index contributed by atoms with van der Waals surface area (Å²) in [6.07, 6.45) is 5.22. The zero-order valence-corrected chi connectivity index (χ0v) is 29.9. The van der Waals surface area contributed by atoms with Crippen molar-refractivity contribution in [3.05, 3.63) is 130 Å². The number of morpholine rings is 1. The van der Waals surface area contributed by atoms with E-state index in [-0.39, 0.29) is 17.2 Å². The Bertz CT molecular complexity index is 1870. The van der Waals surface area contributed by atoms with Crippen molar-refractivity contribution in [3.8, 4) is 0 Å². The fraction of sp³-hybridized carbons (Fsp3) is 0.333. The third-order valence-corrected chi connectivity index (χ3v) is 9.83. The summed E-state index contributed by atoms with van der Waals surface area (Å²) >= 11 is 0. The lowest BCUT2D eigenvalue weighted by atomic mass is 9.89. The molecule has 0 aromatic heterocycles. The van der Waals surface area contributed by atoms with Crippen LogP contribution in [0.5, 0.6) is 0 Å². The Morgan fingerprint density at radius 1 is 0.788 bits per heavy atom. The number of nitrogens with one attached hydrogen (secondary N) is 1. The number of carbonyl (C=O) groups excluding carboxylic acids is 4. The lowest BCUT2D eigenvalue weighted by Gasteiger charge is -2.32. The van der Waals surface area contributed by atoms with Gasteiger partial charge in [0.25, 0.3) is 11.8 Å². The Kier molecular flexibility index (Phi) is 12.1. The average Bonchev–Trinajstić information content (AvgIpc) is 3.20. The summed E-state index contributed by atoms with van der Waals surface area (Å²) in [7, 11) is 3.07. The number of nitrogens with zero attached hydrogens (tertiary/aromatic N) is 3. The molecule has 4 amide bonds. The van der Waals surface area contributed by atoms with Gasteiger partial charge in [-0.25, -0.2) is 14.5 Å². The predicted octanol–water partition coefficient (Wildman–Crippen LogP) is 6.42. The van der Waals surface area contributed by atoms with Gasteiger partial charge in [0.2, 0.25) is 0 Å². The highest BCUT2D eigenvalue weighted by atomic mass is 16.5. The maximum Gasteiger partial charge on any atom is 0.337 e. The molecule has 2 aliphatic rings. The van der Waals surface area contributed by atoms with Crippen LogP contribution in [0.1, 0.15) is 66.2 Å². The van der Waals surface area contributed by atoms with E-state index in [1.807, 2.05) is 54.6 Å². The minimum atomic E-state index is -0.490. The van der Waals surface area contributed by atoms with Gasteiger partial charge in [0.15, 0.2) is 0 Å². The minimum Gasteiger partial charge on any atom is -0.465 e. The second-order valence-electron chi connectivity index (χ2n) is 13.3. The van der Waals surface area contributed by atoms with Crippen molar-refractivity contribution in [2.45, 2.75) is 38.5 Å². The van der Waals surface area contributed by atoms with Gasteiger partial charge < -0.3 is 19.7 Å². The van der Waals surface area contributed by atoms with Crippen LogP contribution in [0.4, 0.5) is 16.2 Å². The van der Waals surface area contributed by atoms with Gasteiger partial charge in [0.05, 0.1) is 37.1 Å². The van der Waals surface area contributed by atoms with Gasteiger partial charge >= 0.3 is 12.0 Å². The monoisotopic (exact) mass is 702 g/mol. The molecule has 6 rings (SSSR count). The number of rotatable bonds is 11. The number of imide groups is 1. The van der Waals surface area contributed by atoms with Crippen LogP contribution in [-0.2, 0) is 35.2 Å². The van der Waals surface area contributed by atoms with Crippen LogP contribution in [0.3, 0.4) is 0 Å². The number of likely N-dealkylation sites (N-methyl/N-ethyl adjacent to an activating group) is 1. The third-order valence-electron chi connectivity index (χ3n) is 9.83. The molecule has 1 aliphatic carbocycles. The number of esters is 1. The number of hydrogen-bond donors (Lipinski definition) is 1. The molecular formula is C42H46N4O6. The van der Waals surface area contributed by atoms with Gasteiger partial charge in [0, 0.05) is 44.5 Å². The largest absolute Gasteiger partial charge is 0.465 e. The molecule has 1 saturated heterocycles. The van der Waals surface area contributed by atoms with Crippen LogP contribution < -0.4 is 10.2 Å². The van der Waals surface area contributed by atoms with Crippen LogP contribution in [-0.4, -0.2) is 87.2 Å². The molecule has 1 heterocycles. The van der Waals surface area contributed by atoms with E-state index in [1.165, 1.54) is 12.0 Å². The number of carbonyl (C=O) groups is 4. The average molecular weight is 703 g/mol. The maximum atomic E-state index is 14.3. The highest BCUT2D eigenvalue weighted by Gasteiger charge is 2.32. The number of aryl methyl sites for hydroxylation is 4. The van der Waals surface area contributed by atoms with E-state index < -0.39 is 17.8 Å². The summed E-state index contributed by atoms with van der Waals surface area (Å²) in [5.41, 5.74) is 6.35. The van der Waals surface area contributed by atoms with Crippen molar-refractivity contribution in [2.75, 3.05) is 63.8 Å². The van der Waals surface area contributed by atoms with Crippen LogP contribution in [0.25, 0.3) is 0 Å². The third kappa shape index (κ3) is 8.93. The van der Waals surface area contributed by atoms with Crippen LogP contribution in [0, 0.1) is 0 Å². The number of urea groups is 1. The van der Waals surface area contributed by atoms with E-state index in [1.54, 1.807) is 48.3 Å². The van der Waals surface area contributed by atoms with Gasteiger partial charge in [-0.3, -0.25) is 14.5 Å². The number of anilines is 2. The maximum absolute atomic E-state index is 14.3. The van der Waals surface area contributed by atoms with E-state index in [4.69, 9.17) is 9.47 Å². The number of methoxy groups -OCH3 is 1. The normalized spacial score (nSPS) is 14.2. The molecule has 270 valence electrons. The topological polar surface area (TPSA) is 108 Å². The molecule has 0 radical (unpaired) electrons.